The maximum atomic E-state index is 12.4. The summed E-state index contributed by atoms with van der Waals surface area (Å²) in [7, 11) is -1.94. The highest BCUT2D eigenvalue weighted by atomic mass is 79.9. The van der Waals surface area contributed by atoms with Crippen LogP contribution in [0, 0.1) is 0 Å². The highest BCUT2D eigenvalue weighted by Gasteiger charge is 2.32. The van der Waals surface area contributed by atoms with Crippen LogP contribution in [-0.4, -0.2) is 23.5 Å². The Bertz CT molecular complexity index is 685. The first kappa shape index (κ1) is 15.2. The number of hydrogen-bond acceptors (Lipinski definition) is 3. The van der Waals surface area contributed by atoms with Gasteiger partial charge in [0.1, 0.15) is 4.90 Å². The zero-order valence-electron chi connectivity index (χ0n) is 11.2. The molecule has 0 aliphatic rings. The Balaban J connectivity index is 2.35. The van der Waals surface area contributed by atoms with Gasteiger partial charge in [-0.25, -0.2) is 8.42 Å². The molecule has 1 atom stereocenters. The topological polar surface area (TPSA) is 64.0 Å². The number of halogens is 1. The number of aryl methyl sites for hydroxylation is 1. The van der Waals surface area contributed by atoms with Crippen molar-refractivity contribution in [3.8, 4) is 0 Å². The average Bonchev–Trinajstić information content (AvgIpc) is 2.87. The lowest BCUT2D eigenvalue weighted by Gasteiger charge is -2.28. The molecular weight excluding hydrogens is 342 g/mol. The molecule has 20 heavy (non-hydrogen) atoms. The number of aromatic nitrogens is 2. The second kappa shape index (κ2) is 5.67. The van der Waals surface area contributed by atoms with E-state index in [1.807, 2.05) is 37.3 Å². The van der Waals surface area contributed by atoms with Crippen LogP contribution in [0.4, 0.5) is 0 Å². The zero-order chi connectivity index (χ0) is 14.8. The normalized spacial score (nSPS) is 14.9. The second-order valence-corrected chi connectivity index (χ2v) is 7.03. The van der Waals surface area contributed by atoms with Crippen molar-refractivity contribution in [1.29, 1.82) is 0 Å². The molecule has 0 saturated heterocycles. The lowest BCUT2D eigenvalue weighted by molar-refractivity contribution is 0.482. The van der Waals surface area contributed by atoms with Crippen molar-refractivity contribution in [2.75, 3.05) is 5.33 Å². The molecule has 1 N–H and O–H groups in total. The van der Waals surface area contributed by atoms with Crippen LogP contribution in [0.2, 0.25) is 0 Å². The van der Waals surface area contributed by atoms with Gasteiger partial charge >= 0.3 is 0 Å². The fourth-order valence-corrected chi connectivity index (χ4v) is 3.89. The van der Waals surface area contributed by atoms with Crippen LogP contribution in [0.5, 0.6) is 0 Å². The van der Waals surface area contributed by atoms with E-state index in [0.29, 0.717) is 5.33 Å². The third kappa shape index (κ3) is 3.11. The average molecular weight is 358 g/mol. The molecule has 1 aromatic carbocycles. The van der Waals surface area contributed by atoms with E-state index in [-0.39, 0.29) is 4.90 Å². The van der Waals surface area contributed by atoms with Gasteiger partial charge in [0.25, 0.3) is 0 Å². The van der Waals surface area contributed by atoms with E-state index in [1.54, 1.807) is 7.05 Å². The Kier molecular flexibility index (Phi) is 4.31. The molecule has 0 radical (unpaired) electrons. The molecule has 0 saturated carbocycles. The summed E-state index contributed by atoms with van der Waals surface area (Å²) in [6, 6.07) is 9.46. The molecule has 2 rings (SSSR count). The molecular formula is C13H16BrN3O2S. The quantitative estimate of drug-likeness (QED) is 0.832. The number of alkyl halides is 1. The van der Waals surface area contributed by atoms with Crippen LogP contribution >= 0.6 is 15.9 Å². The molecule has 0 aliphatic carbocycles. The standard InChI is InChI=1S/C13H16BrN3O2S/c1-13(10-14,11-6-4-3-5-7-11)16-20(18,19)12-8-15-17(2)9-12/h3-9,16H,10H2,1-2H3. The summed E-state index contributed by atoms with van der Waals surface area (Å²) in [5, 5.41) is 4.36. The smallest absolute Gasteiger partial charge is 0.244 e. The van der Waals surface area contributed by atoms with Crippen LogP contribution < -0.4 is 4.72 Å². The van der Waals surface area contributed by atoms with Crippen molar-refractivity contribution < 1.29 is 8.42 Å². The largest absolute Gasteiger partial charge is 0.274 e. The van der Waals surface area contributed by atoms with Gasteiger partial charge in [-0.05, 0) is 12.5 Å². The molecule has 1 heterocycles. The van der Waals surface area contributed by atoms with Gasteiger partial charge in [0.05, 0.1) is 11.7 Å². The first-order valence-corrected chi connectivity index (χ1v) is 8.62. The number of sulfonamides is 1. The summed E-state index contributed by atoms with van der Waals surface area (Å²) < 4.78 is 29.0. The molecule has 7 heteroatoms. The van der Waals surface area contributed by atoms with E-state index in [9.17, 15) is 8.42 Å². The van der Waals surface area contributed by atoms with Crippen LogP contribution in [0.25, 0.3) is 0 Å². The van der Waals surface area contributed by atoms with Gasteiger partial charge in [-0.15, -0.1) is 0 Å². The van der Waals surface area contributed by atoms with Gasteiger partial charge in [0.2, 0.25) is 10.0 Å². The summed E-state index contributed by atoms with van der Waals surface area (Å²) in [5.74, 6) is 0. The monoisotopic (exact) mass is 357 g/mol. The highest BCUT2D eigenvalue weighted by Crippen LogP contribution is 2.25. The van der Waals surface area contributed by atoms with Gasteiger partial charge in [-0.1, -0.05) is 46.3 Å². The molecule has 2 aromatic rings. The fraction of sp³-hybridized carbons (Fsp3) is 0.308. The van der Waals surface area contributed by atoms with E-state index in [1.165, 1.54) is 17.1 Å². The summed E-state index contributed by atoms with van der Waals surface area (Å²) in [5.41, 5.74) is 0.167. The molecule has 0 fully saturated rings. The number of nitrogens with zero attached hydrogens (tertiary/aromatic N) is 2. The third-order valence-electron chi connectivity index (χ3n) is 3.03. The third-order valence-corrected chi connectivity index (χ3v) is 5.70. The minimum absolute atomic E-state index is 0.156. The minimum atomic E-state index is -3.62. The Morgan fingerprint density at radius 2 is 2.00 bits per heavy atom. The summed E-state index contributed by atoms with van der Waals surface area (Å²) in [6.07, 6.45) is 2.81. The SMILES string of the molecule is Cn1cc(S(=O)(=O)NC(C)(CBr)c2ccccc2)cn1. The fourth-order valence-electron chi connectivity index (χ4n) is 1.86. The van der Waals surface area contributed by atoms with E-state index in [4.69, 9.17) is 0 Å². The van der Waals surface area contributed by atoms with Crippen molar-refractivity contribution in [3.63, 3.8) is 0 Å². The second-order valence-electron chi connectivity index (χ2n) is 4.79. The summed E-state index contributed by atoms with van der Waals surface area (Å²) >= 11 is 3.39. The van der Waals surface area contributed by atoms with Crippen molar-refractivity contribution in [2.45, 2.75) is 17.4 Å². The molecule has 0 amide bonds. The predicted octanol–water partition coefficient (Wildman–Crippen LogP) is 2.01. The van der Waals surface area contributed by atoms with E-state index in [2.05, 4.69) is 25.8 Å². The number of rotatable bonds is 5. The van der Waals surface area contributed by atoms with Crippen molar-refractivity contribution in [1.82, 2.24) is 14.5 Å². The van der Waals surface area contributed by atoms with Crippen LogP contribution in [0.1, 0.15) is 12.5 Å². The maximum Gasteiger partial charge on any atom is 0.244 e. The van der Waals surface area contributed by atoms with Crippen molar-refractivity contribution in [3.05, 3.63) is 48.3 Å². The molecule has 0 bridgehead atoms. The van der Waals surface area contributed by atoms with Gasteiger partial charge in [-0.2, -0.15) is 9.82 Å². The number of hydrogen-bond donors (Lipinski definition) is 1. The number of benzene rings is 1. The van der Waals surface area contributed by atoms with Crippen LogP contribution in [-0.2, 0) is 22.6 Å². The Morgan fingerprint density at radius 3 is 2.50 bits per heavy atom. The van der Waals surface area contributed by atoms with Gasteiger partial charge in [0, 0.05) is 18.6 Å². The van der Waals surface area contributed by atoms with E-state index < -0.39 is 15.6 Å². The van der Waals surface area contributed by atoms with Crippen molar-refractivity contribution >= 4 is 26.0 Å². The van der Waals surface area contributed by atoms with Crippen molar-refractivity contribution in [2.24, 2.45) is 7.05 Å². The lowest BCUT2D eigenvalue weighted by Crippen LogP contribution is -2.44. The molecule has 5 nitrogen and oxygen atoms in total. The first-order valence-electron chi connectivity index (χ1n) is 6.01. The van der Waals surface area contributed by atoms with Crippen LogP contribution in [0.3, 0.4) is 0 Å². The molecule has 0 spiro atoms. The first-order chi connectivity index (χ1) is 9.37. The van der Waals surface area contributed by atoms with Gasteiger partial charge < -0.3 is 0 Å². The Labute approximate surface area is 127 Å². The Morgan fingerprint density at radius 1 is 1.35 bits per heavy atom. The highest BCUT2D eigenvalue weighted by molar-refractivity contribution is 9.09. The molecule has 108 valence electrons. The molecule has 1 aromatic heterocycles. The van der Waals surface area contributed by atoms with Gasteiger partial charge in [-0.3, -0.25) is 4.68 Å². The number of nitrogens with one attached hydrogen (secondary N) is 1. The zero-order valence-corrected chi connectivity index (χ0v) is 13.6. The molecule has 1 unspecified atom stereocenters. The predicted molar refractivity (Wildman–Crippen MR) is 81.1 cm³/mol. The minimum Gasteiger partial charge on any atom is -0.274 e. The summed E-state index contributed by atoms with van der Waals surface area (Å²) in [6.45, 7) is 1.84. The maximum absolute atomic E-state index is 12.4. The van der Waals surface area contributed by atoms with E-state index in [0.717, 1.165) is 5.56 Å². The van der Waals surface area contributed by atoms with Gasteiger partial charge in [0.15, 0.2) is 0 Å². The summed E-state index contributed by atoms with van der Waals surface area (Å²) in [4.78, 5) is 0.156. The van der Waals surface area contributed by atoms with Crippen LogP contribution in [0.15, 0.2) is 47.6 Å². The van der Waals surface area contributed by atoms with E-state index >= 15 is 0 Å². The Hall–Kier alpha value is -1.18. The lowest BCUT2D eigenvalue weighted by atomic mass is 9.96. The molecule has 0 aliphatic heterocycles.